The van der Waals surface area contributed by atoms with Gasteiger partial charge >= 0.3 is 0 Å². The Labute approximate surface area is 129 Å². The highest BCUT2D eigenvalue weighted by Crippen LogP contribution is 2.62. The Kier molecular flexibility index (Phi) is 2.60. The molecule has 4 rings (SSSR count). The van der Waals surface area contributed by atoms with Crippen molar-refractivity contribution in [3.05, 3.63) is 35.4 Å². The van der Waals surface area contributed by atoms with Crippen LogP contribution in [0.2, 0.25) is 0 Å². The van der Waals surface area contributed by atoms with E-state index >= 15 is 0 Å². The topological polar surface area (TPSA) is 52.6 Å². The number of ether oxygens (including phenoxy) is 2. The van der Waals surface area contributed by atoms with E-state index in [4.69, 9.17) is 9.47 Å². The van der Waals surface area contributed by atoms with E-state index in [1.165, 1.54) is 0 Å². The molecule has 1 spiro atoms. The minimum Gasteiger partial charge on any atom is -0.349 e. The van der Waals surface area contributed by atoms with Crippen LogP contribution in [0.15, 0.2) is 24.3 Å². The van der Waals surface area contributed by atoms with Gasteiger partial charge in [-0.2, -0.15) is 0 Å². The molecule has 2 bridgehead atoms. The maximum Gasteiger partial charge on any atom is 0.203 e. The fourth-order valence-electron chi connectivity index (χ4n) is 4.60. The Balaban J connectivity index is 2.01. The number of hydrogen-bond donors (Lipinski definition) is 0. The van der Waals surface area contributed by atoms with Gasteiger partial charge in [-0.25, -0.2) is 0 Å². The van der Waals surface area contributed by atoms with Crippen molar-refractivity contribution in [3.63, 3.8) is 0 Å². The molecule has 0 N–H and O–H groups in total. The first-order chi connectivity index (χ1) is 10.4. The standard InChI is InChI=1S/C18H20O4/c1-16(2)9-8-14(19)18-13(16)10-17(21-3,22-18)12-7-5-4-6-11(12)15(18)20/h4-7,13H,8-10H2,1-3H3/t13-,17-,18-/m0/s1. The van der Waals surface area contributed by atoms with E-state index in [0.717, 1.165) is 12.0 Å². The second-order valence-corrected chi connectivity index (χ2v) is 7.34. The number of fused-ring (bicyclic) bond motifs is 3. The zero-order chi connectivity index (χ0) is 15.8. The van der Waals surface area contributed by atoms with Crippen molar-refractivity contribution >= 4 is 11.6 Å². The van der Waals surface area contributed by atoms with Gasteiger partial charge in [0, 0.05) is 37.0 Å². The highest BCUT2D eigenvalue weighted by molar-refractivity contribution is 6.20. The molecule has 0 radical (unpaired) electrons. The molecule has 0 unspecified atom stereocenters. The van der Waals surface area contributed by atoms with Crippen LogP contribution in [0.5, 0.6) is 0 Å². The second-order valence-electron chi connectivity index (χ2n) is 7.34. The van der Waals surface area contributed by atoms with Crippen LogP contribution in [-0.4, -0.2) is 24.3 Å². The summed E-state index contributed by atoms with van der Waals surface area (Å²) in [6, 6.07) is 7.36. The maximum atomic E-state index is 13.2. The van der Waals surface area contributed by atoms with Crippen LogP contribution in [0, 0.1) is 11.3 Å². The summed E-state index contributed by atoms with van der Waals surface area (Å²) >= 11 is 0. The Morgan fingerprint density at radius 3 is 2.68 bits per heavy atom. The molecule has 116 valence electrons. The summed E-state index contributed by atoms with van der Waals surface area (Å²) in [5, 5.41) is 0. The summed E-state index contributed by atoms with van der Waals surface area (Å²) in [7, 11) is 1.59. The molecule has 1 aromatic rings. The van der Waals surface area contributed by atoms with Crippen molar-refractivity contribution < 1.29 is 19.1 Å². The Morgan fingerprint density at radius 2 is 1.95 bits per heavy atom. The first kappa shape index (κ1) is 14.1. The fraction of sp³-hybridized carbons (Fsp3) is 0.556. The molecule has 1 aromatic carbocycles. The number of carbonyl (C=O) groups is 2. The third-order valence-electron chi connectivity index (χ3n) is 5.89. The van der Waals surface area contributed by atoms with Crippen molar-refractivity contribution in [2.75, 3.05) is 7.11 Å². The van der Waals surface area contributed by atoms with Crippen molar-refractivity contribution in [1.29, 1.82) is 0 Å². The van der Waals surface area contributed by atoms with E-state index in [0.29, 0.717) is 18.4 Å². The van der Waals surface area contributed by atoms with Crippen molar-refractivity contribution in [1.82, 2.24) is 0 Å². The molecule has 22 heavy (non-hydrogen) atoms. The lowest BCUT2D eigenvalue weighted by Gasteiger charge is -2.46. The molecular weight excluding hydrogens is 280 g/mol. The van der Waals surface area contributed by atoms with Gasteiger partial charge in [-0.15, -0.1) is 0 Å². The normalized spacial score (nSPS) is 38.6. The molecule has 3 atom stereocenters. The number of ketones is 2. The van der Waals surface area contributed by atoms with Crippen LogP contribution >= 0.6 is 0 Å². The van der Waals surface area contributed by atoms with Crippen LogP contribution in [-0.2, 0) is 20.1 Å². The summed E-state index contributed by atoms with van der Waals surface area (Å²) in [5.74, 6) is -1.40. The molecule has 0 aromatic heterocycles. The number of Topliss-reactive ketones (excluding diaryl/α,β-unsaturated/α-hetero) is 2. The molecule has 1 saturated heterocycles. The quantitative estimate of drug-likeness (QED) is 0.748. The lowest BCUT2D eigenvalue weighted by atomic mass is 9.59. The summed E-state index contributed by atoms with van der Waals surface area (Å²) in [6.07, 6.45) is 1.72. The lowest BCUT2D eigenvalue weighted by molar-refractivity contribution is -0.240. The highest BCUT2D eigenvalue weighted by Gasteiger charge is 2.72. The van der Waals surface area contributed by atoms with Crippen LogP contribution < -0.4 is 0 Å². The molecule has 1 saturated carbocycles. The smallest absolute Gasteiger partial charge is 0.203 e. The van der Waals surface area contributed by atoms with Gasteiger partial charge in [0.25, 0.3) is 0 Å². The van der Waals surface area contributed by atoms with E-state index in [-0.39, 0.29) is 22.9 Å². The Bertz CT molecular complexity index is 692. The van der Waals surface area contributed by atoms with Gasteiger partial charge in [-0.3, -0.25) is 9.59 Å². The van der Waals surface area contributed by atoms with Gasteiger partial charge in [0.1, 0.15) is 0 Å². The molecule has 4 nitrogen and oxygen atoms in total. The maximum absolute atomic E-state index is 13.2. The number of hydrogen-bond acceptors (Lipinski definition) is 4. The third kappa shape index (κ3) is 1.40. The Morgan fingerprint density at radius 1 is 1.23 bits per heavy atom. The predicted molar refractivity (Wildman–Crippen MR) is 79.4 cm³/mol. The van der Waals surface area contributed by atoms with Crippen LogP contribution in [0.1, 0.15) is 49.0 Å². The average Bonchev–Trinajstić information content (AvgIpc) is 2.86. The molecule has 3 aliphatic rings. The molecular formula is C18H20O4. The first-order valence-electron chi connectivity index (χ1n) is 7.80. The third-order valence-corrected chi connectivity index (χ3v) is 5.89. The predicted octanol–water partition coefficient (Wildman–Crippen LogP) is 2.85. The zero-order valence-electron chi connectivity index (χ0n) is 13.1. The molecule has 2 aliphatic heterocycles. The van der Waals surface area contributed by atoms with Gasteiger partial charge in [0.15, 0.2) is 17.2 Å². The monoisotopic (exact) mass is 300 g/mol. The number of benzene rings is 1. The lowest BCUT2D eigenvalue weighted by Crippen LogP contribution is -2.60. The van der Waals surface area contributed by atoms with Gasteiger partial charge in [-0.1, -0.05) is 38.1 Å². The summed E-state index contributed by atoms with van der Waals surface area (Å²) in [4.78, 5) is 26.0. The van der Waals surface area contributed by atoms with Gasteiger partial charge in [0.2, 0.25) is 5.78 Å². The molecule has 2 fully saturated rings. The average molecular weight is 300 g/mol. The summed E-state index contributed by atoms with van der Waals surface area (Å²) < 4.78 is 11.9. The molecule has 4 heteroatoms. The molecule has 1 aliphatic carbocycles. The number of carbonyl (C=O) groups excluding carboxylic acids is 2. The van der Waals surface area contributed by atoms with Crippen LogP contribution in [0.25, 0.3) is 0 Å². The molecule has 0 amide bonds. The largest absolute Gasteiger partial charge is 0.349 e. The van der Waals surface area contributed by atoms with E-state index in [1.807, 2.05) is 18.2 Å². The van der Waals surface area contributed by atoms with E-state index in [1.54, 1.807) is 13.2 Å². The number of rotatable bonds is 1. The fourth-order valence-corrected chi connectivity index (χ4v) is 4.60. The van der Waals surface area contributed by atoms with Crippen LogP contribution in [0.3, 0.4) is 0 Å². The van der Waals surface area contributed by atoms with E-state index in [2.05, 4.69) is 13.8 Å². The van der Waals surface area contributed by atoms with Crippen molar-refractivity contribution in [2.24, 2.45) is 11.3 Å². The SMILES string of the molecule is CO[C@@]12C[C@H]3C(C)(C)CCC(=O)[C@]3(O1)C(=O)c1ccccc12. The summed E-state index contributed by atoms with van der Waals surface area (Å²) in [6.45, 7) is 4.24. The van der Waals surface area contributed by atoms with E-state index < -0.39 is 11.4 Å². The minimum absolute atomic E-state index is 0.0877. The van der Waals surface area contributed by atoms with Crippen molar-refractivity contribution in [2.45, 2.75) is 44.5 Å². The first-order valence-corrected chi connectivity index (χ1v) is 7.80. The van der Waals surface area contributed by atoms with Gasteiger partial charge in [0.05, 0.1) is 0 Å². The minimum atomic E-state index is -1.36. The van der Waals surface area contributed by atoms with Crippen molar-refractivity contribution in [3.8, 4) is 0 Å². The second kappa shape index (κ2) is 4.06. The van der Waals surface area contributed by atoms with Gasteiger partial charge < -0.3 is 9.47 Å². The summed E-state index contributed by atoms with van der Waals surface area (Å²) in [5.41, 5.74) is -0.159. The Hall–Kier alpha value is -1.52. The van der Waals surface area contributed by atoms with Crippen LogP contribution in [0.4, 0.5) is 0 Å². The zero-order valence-corrected chi connectivity index (χ0v) is 13.1. The number of methoxy groups -OCH3 is 1. The molecule has 2 heterocycles. The van der Waals surface area contributed by atoms with Gasteiger partial charge in [-0.05, 0) is 11.8 Å². The highest BCUT2D eigenvalue weighted by atomic mass is 16.7. The van der Waals surface area contributed by atoms with E-state index in [9.17, 15) is 9.59 Å².